The molecule has 112 valence electrons. The van der Waals surface area contributed by atoms with Crippen molar-refractivity contribution in [2.75, 3.05) is 28.7 Å². The quantitative estimate of drug-likeness (QED) is 0.837. The second kappa shape index (κ2) is 7.72. The van der Waals surface area contributed by atoms with E-state index in [-0.39, 0.29) is 0 Å². The molecule has 4 nitrogen and oxygen atoms in total. The normalized spacial score (nSPS) is 19.1. The van der Waals surface area contributed by atoms with Gasteiger partial charge in [0.25, 0.3) is 0 Å². The monoisotopic (exact) mass is 294 g/mol. The average Bonchev–Trinajstić information content (AvgIpc) is 2.46. The van der Waals surface area contributed by atoms with Gasteiger partial charge in [-0.1, -0.05) is 20.8 Å². The fourth-order valence-electron chi connectivity index (χ4n) is 2.21. The van der Waals surface area contributed by atoms with E-state index in [2.05, 4.69) is 41.4 Å². The smallest absolute Gasteiger partial charge is 0.135 e. The number of anilines is 2. The summed E-state index contributed by atoms with van der Waals surface area (Å²) in [5.41, 5.74) is 0. The van der Waals surface area contributed by atoms with Gasteiger partial charge in [0.15, 0.2) is 0 Å². The lowest BCUT2D eigenvalue weighted by Crippen LogP contribution is -2.26. The third kappa shape index (κ3) is 4.54. The number of rotatable bonds is 6. The molecule has 1 atom stereocenters. The topological polar surface area (TPSA) is 49.8 Å². The first-order valence-corrected chi connectivity index (χ1v) is 8.81. The highest BCUT2D eigenvalue weighted by Crippen LogP contribution is 2.22. The lowest BCUT2D eigenvalue weighted by Gasteiger charge is -2.23. The third-order valence-corrected chi connectivity index (χ3v) is 4.54. The van der Waals surface area contributed by atoms with Crippen LogP contribution in [0, 0.1) is 0 Å². The molecule has 0 aliphatic carbocycles. The number of hydrogen-bond donors (Lipinski definition) is 2. The Morgan fingerprint density at radius 1 is 1.35 bits per heavy atom. The average molecular weight is 294 g/mol. The highest BCUT2D eigenvalue weighted by molar-refractivity contribution is 7.99. The van der Waals surface area contributed by atoms with Gasteiger partial charge in [0.2, 0.25) is 0 Å². The van der Waals surface area contributed by atoms with Crippen LogP contribution in [0.15, 0.2) is 6.07 Å². The lowest BCUT2D eigenvalue weighted by molar-refractivity contribution is 0.679. The molecule has 1 aromatic rings. The molecule has 0 amide bonds. The van der Waals surface area contributed by atoms with Crippen molar-refractivity contribution in [1.82, 2.24) is 9.97 Å². The van der Waals surface area contributed by atoms with E-state index >= 15 is 0 Å². The number of aromatic nitrogens is 2. The summed E-state index contributed by atoms with van der Waals surface area (Å²) in [6, 6.07) is 2.59. The fraction of sp³-hybridized carbons (Fsp3) is 0.733. The predicted octanol–water partition coefficient (Wildman–Crippen LogP) is 3.73. The van der Waals surface area contributed by atoms with Crippen molar-refractivity contribution in [3.05, 3.63) is 11.9 Å². The molecule has 1 fully saturated rings. The Kier molecular flexibility index (Phi) is 5.95. The Labute approximate surface area is 126 Å². The molecule has 2 rings (SSSR count). The maximum Gasteiger partial charge on any atom is 0.135 e. The van der Waals surface area contributed by atoms with Gasteiger partial charge in [0.05, 0.1) is 0 Å². The molecular weight excluding hydrogens is 268 g/mol. The molecular formula is C15H26N4S. The van der Waals surface area contributed by atoms with Gasteiger partial charge in [0, 0.05) is 30.3 Å². The van der Waals surface area contributed by atoms with Crippen molar-refractivity contribution in [3.8, 4) is 0 Å². The van der Waals surface area contributed by atoms with Crippen LogP contribution in [0.2, 0.25) is 0 Å². The first kappa shape index (κ1) is 15.4. The highest BCUT2D eigenvalue weighted by atomic mass is 32.2. The fourth-order valence-corrected chi connectivity index (χ4v) is 3.28. The maximum absolute atomic E-state index is 4.66. The Morgan fingerprint density at radius 2 is 2.15 bits per heavy atom. The summed E-state index contributed by atoms with van der Waals surface area (Å²) in [5, 5.41) is 6.95. The maximum atomic E-state index is 4.66. The molecule has 0 saturated carbocycles. The molecule has 2 N–H and O–H groups in total. The first-order chi connectivity index (χ1) is 9.69. The summed E-state index contributed by atoms with van der Waals surface area (Å²) >= 11 is 2.03. The van der Waals surface area contributed by atoms with Crippen molar-refractivity contribution in [1.29, 1.82) is 0 Å². The summed E-state index contributed by atoms with van der Waals surface area (Å²) in [4.78, 5) is 9.26. The van der Waals surface area contributed by atoms with Crippen molar-refractivity contribution >= 4 is 23.4 Å². The summed E-state index contributed by atoms with van der Waals surface area (Å²) in [6.07, 6.45) is 3.64. The minimum absolute atomic E-state index is 0.347. The van der Waals surface area contributed by atoms with Crippen LogP contribution in [0.4, 0.5) is 11.6 Å². The number of nitrogens with one attached hydrogen (secondary N) is 2. The zero-order valence-corrected chi connectivity index (χ0v) is 13.6. The first-order valence-electron chi connectivity index (χ1n) is 7.66. The minimum Gasteiger partial charge on any atom is -0.370 e. The van der Waals surface area contributed by atoms with Crippen LogP contribution in [0.1, 0.15) is 51.8 Å². The van der Waals surface area contributed by atoms with Gasteiger partial charge in [-0.3, -0.25) is 0 Å². The molecule has 1 aromatic heterocycles. The molecule has 0 aromatic carbocycles. The van der Waals surface area contributed by atoms with E-state index < -0.39 is 0 Å². The molecule has 0 spiro atoms. The van der Waals surface area contributed by atoms with Crippen molar-refractivity contribution < 1.29 is 0 Å². The standard InChI is InChI=1S/C15H26N4S/c1-4-7-16-13-9-14(19-15(18-13)11(2)3)17-12-6-5-8-20-10-12/h9,11-12H,4-8,10H2,1-3H3,(H2,16,17,18,19). The van der Waals surface area contributed by atoms with E-state index in [1.165, 1.54) is 24.3 Å². The van der Waals surface area contributed by atoms with Gasteiger partial charge in [-0.15, -0.1) is 0 Å². The zero-order chi connectivity index (χ0) is 14.4. The van der Waals surface area contributed by atoms with Crippen LogP contribution in [0.25, 0.3) is 0 Å². The second-order valence-electron chi connectivity index (χ2n) is 5.64. The van der Waals surface area contributed by atoms with Gasteiger partial charge in [-0.25, -0.2) is 9.97 Å². The van der Waals surface area contributed by atoms with Crippen LogP contribution < -0.4 is 10.6 Å². The van der Waals surface area contributed by atoms with E-state index in [9.17, 15) is 0 Å². The van der Waals surface area contributed by atoms with Gasteiger partial charge in [0.1, 0.15) is 17.5 Å². The van der Waals surface area contributed by atoms with Crippen LogP contribution >= 0.6 is 11.8 Å². The Balaban J connectivity index is 2.10. The zero-order valence-electron chi connectivity index (χ0n) is 12.8. The summed E-state index contributed by atoms with van der Waals surface area (Å²) < 4.78 is 0. The van der Waals surface area contributed by atoms with Gasteiger partial charge in [-0.05, 0) is 25.0 Å². The van der Waals surface area contributed by atoms with E-state index in [0.717, 1.165) is 30.4 Å². The molecule has 1 aliphatic heterocycles. The largest absolute Gasteiger partial charge is 0.370 e. The number of thioether (sulfide) groups is 1. The summed E-state index contributed by atoms with van der Waals surface area (Å²) in [5.74, 6) is 5.64. The predicted molar refractivity (Wildman–Crippen MR) is 88.9 cm³/mol. The molecule has 0 bridgehead atoms. The Hall–Kier alpha value is -0.970. The van der Waals surface area contributed by atoms with Crippen LogP contribution in [0.3, 0.4) is 0 Å². The van der Waals surface area contributed by atoms with E-state index in [1.807, 2.05) is 17.8 Å². The number of nitrogens with zero attached hydrogens (tertiary/aromatic N) is 2. The van der Waals surface area contributed by atoms with E-state index in [1.54, 1.807) is 0 Å². The van der Waals surface area contributed by atoms with Crippen LogP contribution in [-0.2, 0) is 0 Å². The second-order valence-corrected chi connectivity index (χ2v) is 6.79. The van der Waals surface area contributed by atoms with E-state index in [0.29, 0.717) is 12.0 Å². The van der Waals surface area contributed by atoms with Crippen molar-refractivity contribution in [2.24, 2.45) is 0 Å². The summed E-state index contributed by atoms with van der Waals surface area (Å²) in [7, 11) is 0. The molecule has 1 unspecified atom stereocenters. The van der Waals surface area contributed by atoms with E-state index in [4.69, 9.17) is 0 Å². The third-order valence-electron chi connectivity index (χ3n) is 3.33. The SMILES string of the molecule is CCCNc1cc(NC2CCCSC2)nc(C(C)C)n1. The van der Waals surface area contributed by atoms with Crippen LogP contribution in [-0.4, -0.2) is 34.1 Å². The summed E-state index contributed by atoms with van der Waals surface area (Å²) in [6.45, 7) is 7.39. The van der Waals surface area contributed by atoms with Gasteiger partial charge in [-0.2, -0.15) is 11.8 Å². The highest BCUT2D eigenvalue weighted by Gasteiger charge is 2.15. The Morgan fingerprint density at radius 3 is 2.80 bits per heavy atom. The van der Waals surface area contributed by atoms with Crippen molar-refractivity contribution in [3.63, 3.8) is 0 Å². The van der Waals surface area contributed by atoms with Crippen LogP contribution in [0.5, 0.6) is 0 Å². The van der Waals surface area contributed by atoms with Gasteiger partial charge >= 0.3 is 0 Å². The molecule has 5 heteroatoms. The molecule has 0 radical (unpaired) electrons. The lowest BCUT2D eigenvalue weighted by atomic mass is 10.2. The van der Waals surface area contributed by atoms with Gasteiger partial charge < -0.3 is 10.6 Å². The molecule has 20 heavy (non-hydrogen) atoms. The molecule has 1 aliphatic rings. The van der Waals surface area contributed by atoms with Crippen molar-refractivity contribution in [2.45, 2.75) is 52.0 Å². The molecule has 1 saturated heterocycles. The minimum atomic E-state index is 0.347. The number of hydrogen-bond acceptors (Lipinski definition) is 5. The molecule has 2 heterocycles. The Bertz CT molecular complexity index is 416.